The van der Waals surface area contributed by atoms with Crippen molar-refractivity contribution < 1.29 is 29.6 Å². The predicted molar refractivity (Wildman–Crippen MR) is 151 cm³/mol. The van der Waals surface area contributed by atoms with Crippen LogP contribution in [0.2, 0.25) is 0 Å². The number of nitrogens with zero attached hydrogens (tertiary/aromatic N) is 3. The summed E-state index contributed by atoms with van der Waals surface area (Å²) >= 11 is 0. The Morgan fingerprint density at radius 2 is 1.84 bits per heavy atom. The third kappa shape index (κ3) is 11.3. The fourth-order valence-electron chi connectivity index (χ4n) is 4.59. The van der Waals surface area contributed by atoms with Crippen molar-refractivity contribution in [3.8, 4) is 0 Å². The first-order chi connectivity index (χ1) is 17.6. The molecule has 0 spiro atoms. The van der Waals surface area contributed by atoms with E-state index in [9.17, 15) is 19.8 Å². The predicted octanol–water partition coefficient (Wildman–Crippen LogP) is 6.39. The summed E-state index contributed by atoms with van der Waals surface area (Å²) < 4.78 is 5.90. The van der Waals surface area contributed by atoms with E-state index in [4.69, 9.17) is 15.4 Å². The van der Waals surface area contributed by atoms with Gasteiger partial charge in [-0.3, -0.25) is 9.59 Å². The molecule has 0 radical (unpaired) electrons. The van der Waals surface area contributed by atoms with E-state index in [2.05, 4.69) is 29.1 Å². The number of hydrogen-bond acceptors (Lipinski definition) is 6. The number of azide groups is 1. The molecule has 1 rings (SSSR count). The standard InChI is InChI=1S/C24H41N3O6.C5H10/c1-8-14(2)17(26-27-25)12-19-24(7,33-19)11-9-10-15(3)21(31)16(4)22(32)23(5,6)18(28)13-20(29)30;1-3-5-4-2/h8,15-19,21,28,31H,9-13H2,1-7H3,(H,29,30);3,5H,4H2,1-2H3/b14-8+;5-3-. The van der Waals surface area contributed by atoms with Gasteiger partial charge in [-0.25, -0.2) is 0 Å². The molecule has 38 heavy (non-hydrogen) atoms. The van der Waals surface area contributed by atoms with Gasteiger partial charge < -0.3 is 20.1 Å². The first-order valence-corrected chi connectivity index (χ1v) is 13.7. The molecule has 218 valence electrons. The highest BCUT2D eigenvalue weighted by atomic mass is 16.6. The number of ether oxygens (including phenoxy) is 1. The summed E-state index contributed by atoms with van der Waals surface area (Å²) in [5.74, 6) is -2.41. The Morgan fingerprint density at radius 3 is 2.29 bits per heavy atom. The third-order valence-electron chi connectivity index (χ3n) is 7.79. The number of carboxylic acid groups (broad SMARTS) is 1. The molecule has 0 saturated carbocycles. The van der Waals surface area contributed by atoms with Crippen molar-refractivity contribution in [1.82, 2.24) is 0 Å². The largest absolute Gasteiger partial charge is 0.481 e. The van der Waals surface area contributed by atoms with Gasteiger partial charge in [0.05, 0.1) is 41.8 Å². The van der Waals surface area contributed by atoms with E-state index in [1.165, 1.54) is 13.8 Å². The van der Waals surface area contributed by atoms with Gasteiger partial charge in [-0.1, -0.05) is 70.0 Å². The van der Waals surface area contributed by atoms with Crippen molar-refractivity contribution in [3.05, 3.63) is 34.2 Å². The molecule has 0 amide bonds. The van der Waals surface area contributed by atoms with Crippen molar-refractivity contribution in [1.29, 1.82) is 0 Å². The van der Waals surface area contributed by atoms with Gasteiger partial charge in [-0.15, -0.1) is 0 Å². The lowest BCUT2D eigenvalue weighted by molar-refractivity contribution is -0.147. The summed E-state index contributed by atoms with van der Waals surface area (Å²) in [5, 5.41) is 33.7. The Labute approximate surface area is 229 Å². The number of aliphatic carboxylic acids is 1. The monoisotopic (exact) mass is 537 g/mol. The zero-order valence-corrected chi connectivity index (χ0v) is 24.8. The molecular formula is C29H51N3O6. The number of epoxide rings is 1. The number of carbonyl (C=O) groups is 2. The topological polar surface area (TPSA) is 156 Å². The van der Waals surface area contributed by atoms with E-state index in [0.717, 1.165) is 24.8 Å². The Bertz CT molecular complexity index is 864. The Kier molecular flexibility index (Phi) is 15.7. The van der Waals surface area contributed by atoms with E-state index in [1.54, 1.807) is 6.92 Å². The summed E-state index contributed by atoms with van der Waals surface area (Å²) in [4.78, 5) is 26.7. The maximum atomic E-state index is 12.9. The molecule has 0 aliphatic carbocycles. The normalized spacial score (nSPS) is 23.3. The maximum Gasteiger partial charge on any atom is 0.306 e. The number of rotatable bonds is 16. The van der Waals surface area contributed by atoms with Crippen LogP contribution in [-0.4, -0.2) is 57.0 Å². The zero-order valence-electron chi connectivity index (χ0n) is 24.8. The SMILES string of the molecule is C/C=C(\C)C(CC1OC1(C)CCCC(C)C(O)C(C)C(=O)C(C)(C)C(O)CC(=O)O)N=[N+]=[N-].C/C=C\CC. The second-order valence-electron chi connectivity index (χ2n) is 11.2. The molecule has 3 N–H and O–H groups in total. The minimum Gasteiger partial charge on any atom is -0.481 e. The van der Waals surface area contributed by atoms with Crippen LogP contribution in [0.15, 0.2) is 28.9 Å². The Balaban J connectivity index is 0.00000249. The van der Waals surface area contributed by atoms with Crippen LogP contribution in [0, 0.1) is 17.3 Å². The lowest BCUT2D eigenvalue weighted by Gasteiger charge is -2.34. The van der Waals surface area contributed by atoms with Crippen LogP contribution < -0.4 is 0 Å². The molecule has 1 saturated heterocycles. The number of aliphatic hydroxyl groups is 2. The van der Waals surface area contributed by atoms with Crippen molar-refractivity contribution in [3.63, 3.8) is 0 Å². The highest BCUT2D eigenvalue weighted by Gasteiger charge is 2.52. The highest BCUT2D eigenvalue weighted by molar-refractivity contribution is 5.87. The molecule has 1 aliphatic heterocycles. The molecule has 0 aromatic rings. The quantitative estimate of drug-likeness (QED) is 0.0681. The molecule has 0 aromatic carbocycles. The van der Waals surface area contributed by atoms with Gasteiger partial charge in [0.25, 0.3) is 0 Å². The fourth-order valence-corrected chi connectivity index (χ4v) is 4.59. The second kappa shape index (κ2) is 16.7. The third-order valence-corrected chi connectivity index (χ3v) is 7.79. The first-order valence-electron chi connectivity index (χ1n) is 13.7. The van der Waals surface area contributed by atoms with Crippen LogP contribution in [0.5, 0.6) is 0 Å². The Hall–Kier alpha value is -2.19. The zero-order chi connectivity index (χ0) is 29.7. The van der Waals surface area contributed by atoms with Crippen LogP contribution in [0.25, 0.3) is 10.4 Å². The maximum absolute atomic E-state index is 12.9. The van der Waals surface area contributed by atoms with Crippen molar-refractivity contribution in [2.45, 2.75) is 131 Å². The molecule has 1 fully saturated rings. The summed E-state index contributed by atoms with van der Waals surface area (Å²) in [6.07, 6.45) is 7.46. The number of allylic oxidation sites excluding steroid dienone is 3. The minimum absolute atomic E-state index is 0.0140. The molecule has 7 atom stereocenters. The van der Waals surface area contributed by atoms with Crippen LogP contribution in [-0.2, 0) is 14.3 Å². The summed E-state index contributed by atoms with van der Waals surface area (Å²) in [7, 11) is 0. The number of aliphatic hydroxyl groups excluding tert-OH is 2. The molecule has 9 heteroatoms. The Morgan fingerprint density at radius 1 is 1.24 bits per heavy atom. The average molecular weight is 538 g/mol. The number of Topliss-reactive ketones (excluding diaryl/α,β-unsaturated/α-hetero) is 1. The molecule has 7 unspecified atom stereocenters. The van der Waals surface area contributed by atoms with E-state index in [0.29, 0.717) is 12.8 Å². The average Bonchev–Trinajstić information content (AvgIpc) is 3.50. The van der Waals surface area contributed by atoms with Gasteiger partial charge in [0, 0.05) is 10.8 Å². The van der Waals surface area contributed by atoms with Gasteiger partial charge in [0.2, 0.25) is 0 Å². The fraction of sp³-hybridized carbons (Fsp3) is 0.793. The molecule has 1 aliphatic rings. The smallest absolute Gasteiger partial charge is 0.306 e. The van der Waals surface area contributed by atoms with Gasteiger partial charge in [-0.2, -0.15) is 0 Å². The van der Waals surface area contributed by atoms with Crippen molar-refractivity contribution in [2.75, 3.05) is 0 Å². The van der Waals surface area contributed by atoms with Gasteiger partial charge in [-0.05, 0) is 64.8 Å². The molecule has 0 bridgehead atoms. The van der Waals surface area contributed by atoms with Gasteiger partial charge in [0.15, 0.2) is 0 Å². The van der Waals surface area contributed by atoms with Crippen LogP contribution in [0.3, 0.4) is 0 Å². The lowest BCUT2D eigenvalue weighted by atomic mass is 9.73. The van der Waals surface area contributed by atoms with E-state index in [1.807, 2.05) is 40.7 Å². The first kappa shape index (κ1) is 35.8. The van der Waals surface area contributed by atoms with Crippen molar-refractivity contribution >= 4 is 11.8 Å². The minimum atomic E-state index is -1.32. The molecule has 1 heterocycles. The number of carbonyl (C=O) groups excluding carboxylic acids is 1. The summed E-state index contributed by atoms with van der Waals surface area (Å²) in [5.41, 5.74) is 8.26. The van der Waals surface area contributed by atoms with E-state index >= 15 is 0 Å². The summed E-state index contributed by atoms with van der Waals surface area (Å²) in [6.45, 7) is 16.6. The highest BCUT2D eigenvalue weighted by Crippen LogP contribution is 2.44. The van der Waals surface area contributed by atoms with Gasteiger partial charge in [0.1, 0.15) is 5.78 Å². The lowest BCUT2D eigenvalue weighted by Crippen LogP contribution is -2.45. The van der Waals surface area contributed by atoms with Gasteiger partial charge >= 0.3 is 5.97 Å². The second-order valence-corrected chi connectivity index (χ2v) is 11.2. The number of ketones is 1. The van der Waals surface area contributed by atoms with E-state index < -0.39 is 35.9 Å². The van der Waals surface area contributed by atoms with Crippen LogP contribution >= 0.6 is 0 Å². The number of carboxylic acids is 1. The van der Waals surface area contributed by atoms with Crippen LogP contribution in [0.1, 0.15) is 101 Å². The molecular weight excluding hydrogens is 486 g/mol. The molecule has 0 aromatic heterocycles. The van der Waals surface area contributed by atoms with Crippen molar-refractivity contribution in [2.24, 2.45) is 22.4 Å². The molecule has 9 nitrogen and oxygen atoms in total. The summed E-state index contributed by atoms with van der Waals surface area (Å²) in [6, 6.07) is -0.223. The number of hydrogen-bond donors (Lipinski definition) is 3. The van der Waals surface area contributed by atoms with Crippen LogP contribution in [0.4, 0.5) is 0 Å². The van der Waals surface area contributed by atoms with E-state index in [-0.39, 0.29) is 29.4 Å².